The number of hydrogen-bond acceptors (Lipinski definition) is 5. The first-order valence-electron chi connectivity index (χ1n) is 11.8. The van der Waals surface area contributed by atoms with Gasteiger partial charge in [0.05, 0.1) is 4.90 Å². The van der Waals surface area contributed by atoms with Crippen molar-refractivity contribution in [3.8, 4) is 5.75 Å². The fraction of sp³-hybridized carbons (Fsp3) is 0.480. The largest absolute Gasteiger partial charge is 0.501 e. The number of alkyl halides is 3. The van der Waals surface area contributed by atoms with E-state index in [0.29, 0.717) is 36.0 Å². The fourth-order valence-electron chi connectivity index (χ4n) is 4.79. The quantitative estimate of drug-likeness (QED) is 0.484. The lowest BCUT2D eigenvalue weighted by molar-refractivity contribution is -0.0436. The number of ether oxygens (including phenoxy) is 1. The second kappa shape index (κ2) is 10.4. The summed E-state index contributed by atoms with van der Waals surface area (Å²) in [5.74, 6) is -0.843. The molecule has 4 rings (SSSR count). The monoisotopic (exact) mass is 528 g/mol. The third-order valence-electron chi connectivity index (χ3n) is 6.91. The third kappa shape index (κ3) is 5.51. The highest BCUT2D eigenvalue weighted by molar-refractivity contribution is 7.92. The van der Waals surface area contributed by atoms with E-state index in [1.165, 1.54) is 12.8 Å². The van der Waals surface area contributed by atoms with E-state index in [4.69, 9.17) is 4.74 Å². The predicted molar refractivity (Wildman–Crippen MR) is 125 cm³/mol. The molecule has 0 aromatic heterocycles. The Morgan fingerprint density at radius 2 is 1.75 bits per heavy atom. The summed E-state index contributed by atoms with van der Waals surface area (Å²) in [5, 5.41) is 0. The van der Waals surface area contributed by atoms with Crippen molar-refractivity contribution >= 4 is 15.7 Å². The second-order valence-electron chi connectivity index (χ2n) is 9.30. The highest BCUT2D eigenvalue weighted by Crippen LogP contribution is 2.31. The summed E-state index contributed by atoms with van der Waals surface area (Å²) in [7, 11) is -5.64. The van der Waals surface area contributed by atoms with Gasteiger partial charge in [-0.05, 0) is 75.5 Å². The van der Waals surface area contributed by atoms with E-state index >= 15 is 0 Å². The van der Waals surface area contributed by atoms with Crippen LogP contribution < -0.4 is 4.74 Å². The Labute approximate surface area is 207 Å². The molecular weight excluding hydrogens is 500 g/mol. The van der Waals surface area contributed by atoms with Gasteiger partial charge in [0.25, 0.3) is 15.7 Å². The molecule has 2 aliphatic rings. The molecule has 2 fully saturated rings. The summed E-state index contributed by atoms with van der Waals surface area (Å²) in [6.07, 6.45) is 4.31. The van der Waals surface area contributed by atoms with Crippen LogP contribution in [0.4, 0.5) is 17.6 Å². The standard InChI is InChI=1S/C25H28F4N2O4S/c1-17-4-2-12-30(17)15-20-5-3-13-31(20)24(32)18-6-9-21(10-7-18)35-16-19-8-11-22(14-23(19)26)36(33,34)25(27,28)29/h6-11,14,17,20H,2-5,12-13,15-16H2,1H3. The first-order chi connectivity index (χ1) is 17.0. The van der Waals surface area contributed by atoms with Gasteiger partial charge in [-0.3, -0.25) is 9.69 Å². The second-order valence-corrected chi connectivity index (χ2v) is 11.2. The lowest BCUT2D eigenvalue weighted by atomic mass is 10.1. The maximum atomic E-state index is 14.3. The van der Waals surface area contributed by atoms with E-state index in [0.717, 1.165) is 32.0 Å². The van der Waals surface area contributed by atoms with Crippen LogP contribution in [0.3, 0.4) is 0 Å². The molecule has 2 heterocycles. The number of halogens is 4. The number of likely N-dealkylation sites (tertiary alicyclic amines) is 2. The number of carbonyl (C=O) groups excluding carboxylic acids is 1. The maximum Gasteiger partial charge on any atom is 0.501 e. The Balaban J connectivity index is 1.37. The molecule has 2 atom stereocenters. The van der Waals surface area contributed by atoms with Gasteiger partial charge in [0.1, 0.15) is 18.2 Å². The molecule has 2 saturated heterocycles. The number of hydrogen-bond donors (Lipinski definition) is 0. The Morgan fingerprint density at radius 3 is 2.36 bits per heavy atom. The van der Waals surface area contributed by atoms with Crippen LogP contribution in [0.25, 0.3) is 0 Å². The van der Waals surface area contributed by atoms with Gasteiger partial charge in [-0.2, -0.15) is 13.2 Å². The molecule has 0 radical (unpaired) electrons. The summed E-state index contributed by atoms with van der Waals surface area (Å²) in [6, 6.07) is 9.08. The van der Waals surface area contributed by atoms with Crippen molar-refractivity contribution in [3.05, 3.63) is 59.4 Å². The van der Waals surface area contributed by atoms with Crippen LogP contribution in [0, 0.1) is 5.82 Å². The van der Waals surface area contributed by atoms with E-state index in [1.54, 1.807) is 24.3 Å². The average molecular weight is 529 g/mol. The van der Waals surface area contributed by atoms with E-state index in [2.05, 4.69) is 11.8 Å². The molecule has 11 heteroatoms. The number of rotatable bonds is 7. The molecular formula is C25H28F4N2O4S. The van der Waals surface area contributed by atoms with Crippen LogP contribution in [0.5, 0.6) is 5.75 Å². The molecule has 6 nitrogen and oxygen atoms in total. The molecule has 2 unspecified atom stereocenters. The fourth-order valence-corrected chi connectivity index (χ4v) is 5.57. The van der Waals surface area contributed by atoms with Crippen LogP contribution in [0.1, 0.15) is 48.5 Å². The number of sulfone groups is 1. The highest BCUT2D eigenvalue weighted by Gasteiger charge is 2.47. The van der Waals surface area contributed by atoms with Gasteiger partial charge < -0.3 is 9.64 Å². The predicted octanol–water partition coefficient (Wildman–Crippen LogP) is 4.79. The summed E-state index contributed by atoms with van der Waals surface area (Å²) in [6.45, 7) is 4.55. The van der Waals surface area contributed by atoms with E-state index < -0.39 is 26.1 Å². The highest BCUT2D eigenvalue weighted by atomic mass is 32.2. The molecule has 196 valence electrons. The summed E-state index contributed by atoms with van der Waals surface area (Å²) in [4.78, 5) is 16.3. The van der Waals surface area contributed by atoms with Crippen molar-refractivity contribution < 1.29 is 35.5 Å². The first-order valence-corrected chi connectivity index (χ1v) is 13.3. The minimum absolute atomic E-state index is 0.0524. The summed E-state index contributed by atoms with van der Waals surface area (Å²) >= 11 is 0. The zero-order valence-corrected chi connectivity index (χ0v) is 20.6. The van der Waals surface area contributed by atoms with Crippen LogP contribution in [-0.4, -0.2) is 61.4 Å². The first kappa shape index (κ1) is 26.4. The SMILES string of the molecule is CC1CCCN1CC1CCCN1C(=O)c1ccc(OCc2ccc(S(=O)(=O)C(F)(F)F)cc2F)cc1. The molecule has 0 spiro atoms. The Morgan fingerprint density at radius 1 is 1.06 bits per heavy atom. The third-order valence-corrected chi connectivity index (χ3v) is 8.39. The van der Waals surface area contributed by atoms with E-state index in [-0.39, 0.29) is 24.1 Å². The number of benzene rings is 2. The number of carbonyl (C=O) groups is 1. The van der Waals surface area contributed by atoms with Gasteiger partial charge in [-0.15, -0.1) is 0 Å². The molecule has 1 amide bonds. The van der Waals surface area contributed by atoms with Gasteiger partial charge in [0.2, 0.25) is 0 Å². The minimum atomic E-state index is -5.64. The van der Waals surface area contributed by atoms with Gasteiger partial charge in [0, 0.05) is 36.3 Å². The van der Waals surface area contributed by atoms with Gasteiger partial charge in [-0.25, -0.2) is 12.8 Å². The Kier molecular flexibility index (Phi) is 7.61. The van der Waals surface area contributed by atoms with Crippen molar-refractivity contribution in [3.63, 3.8) is 0 Å². The van der Waals surface area contributed by atoms with E-state index in [1.807, 2.05) is 4.90 Å². The molecule has 2 aromatic rings. The van der Waals surface area contributed by atoms with Crippen molar-refractivity contribution in [1.29, 1.82) is 0 Å². The Bertz CT molecular complexity index is 1200. The number of nitrogens with zero attached hydrogens (tertiary/aromatic N) is 2. The molecule has 36 heavy (non-hydrogen) atoms. The van der Waals surface area contributed by atoms with Crippen molar-refractivity contribution in [2.24, 2.45) is 0 Å². The lowest BCUT2D eigenvalue weighted by Gasteiger charge is -2.30. The average Bonchev–Trinajstić information content (AvgIpc) is 3.46. The van der Waals surface area contributed by atoms with Crippen LogP contribution >= 0.6 is 0 Å². The van der Waals surface area contributed by atoms with Gasteiger partial charge in [-0.1, -0.05) is 6.07 Å². The normalized spacial score (nSPS) is 21.2. The van der Waals surface area contributed by atoms with Gasteiger partial charge >= 0.3 is 5.51 Å². The lowest BCUT2D eigenvalue weighted by Crippen LogP contribution is -2.44. The van der Waals surface area contributed by atoms with Crippen molar-refractivity contribution in [2.45, 2.75) is 61.7 Å². The van der Waals surface area contributed by atoms with Gasteiger partial charge in [0.15, 0.2) is 0 Å². The summed E-state index contributed by atoms with van der Waals surface area (Å²) < 4.78 is 80.7. The summed E-state index contributed by atoms with van der Waals surface area (Å²) in [5.41, 5.74) is -5.11. The zero-order chi connectivity index (χ0) is 26.1. The van der Waals surface area contributed by atoms with Crippen LogP contribution in [0.2, 0.25) is 0 Å². The molecule has 0 saturated carbocycles. The Hall–Kier alpha value is -2.66. The van der Waals surface area contributed by atoms with E-state index in [9.17, 15) is 30.8 Å². The zero-order valence-electron chi connectivity index (χ0n) is 19.8. The number of amides is 1. The molecule has 2 aromatic carbocycles. The smallest absolute Gasteiger partial charge is 0.489 e. The maximum absolute atomic E-state index is 14.3. The molecule has 0 aliphatic carbocycles. The molecule has 0 bridgehead atoms. The molecule has 2 aliphatic heterocycles. The van der Waals surface area contributed by atoms with Crippen molar-refractivity contribution in [2.75, 3.05) is 19.6 Å². The minimum Gasteiger partial charge on any atom is -0.489 e. The molecule has 0 N–H and O–H groups in total. The topological polar surface area (TPSA) is 66.9 Å². The van der Waals surface area contributed by atoms with Crippen LogP contribution in [-0.2, 0) is 16.4 Å². The van der Waals surface area contributed by atoms with Crippen LogP contribution in [0.15, 0.2) is 47.4 Å². The van der Waals surface area contributed by atoms with Crippen molar-refractivity contribution in [1.82, 2.24) is 9.80 Å².